The van der Waals surface area contributed by atoms with Crippen LogP contribution in [0.3, 0.4) is 0 Å². The summed E-state index contributed by atoms with van der Waals surface area (Å²) in [6, 6.07) is 9.15. The van der Waals surface area contributed by atoms with Gasteiger partial charge in [0.15, 0.2) is 0 Å². The Hall–Kier alpha value is -3.03. The van der Waals surface area contributed by atoms with E-state index in [9.17, 15) is 14.9 Å². The van der Waals surface area contributed by atoms with E-state index in [2.05, 4.69) is 4.90 Å². The van der Waals surface area contributed by atoms with Gasteiger partial charge in [0.05, 0.1) is 18.2 Å². The van der Waals surface area contributed by atoms with Crippen LogP contribution in [-0.4, -0.2) is 53.6 Å². The van der Waals surface area contributed by atoms with Crippen LogP contribution in [0.1, 0.15) is 10.5 Å². The molecule has 0 saturated carbocycles. The number of carbonyl (C=O) groups is 1. The number of nitrogens with zero attached hydrogens (tertiary/aromatic N) is 4. The minimum atomic E-state index is -0.488. The van der Waals surface area contributed by atoms with Crippen molar-refractivity contribution in [1.82, 2.24) is 9.47 Å². The van der Waals surface area contributed by atoms with Crippen molar-refractivity contribution >= 4 is 17.3 Å². The van der Waals surface area contributed by atoms with Crippen LogP contribution in [0.15, 0.2) is 36.5 Å². The quantitative estimate of drug-likeness (QED) is 0.625. The number of methoxy groups -OCH3 is 1. The molecule has 0 unspecified atom stereocenters. The molecule has 2 heterocycles. The van der Waals surface area contributed by atoms with Gasteiger partial charge >= 0.3 is 0 Å². The van der Waals surface area contributed by atoms with Crippen LogP contribution in [0.25, 0.3) is 0 Å². The summed E-state index contributed by atoms with van der Waals surface area (Å²) >= 11 is 0. The number of aryl methyl sites for hydroxylation is 1. The van der Waals surface area contributed by atoms with Gasteiger partial charge in [-0.3, -0.25) is 14.9 Å². The predicted octanol–water partition coefficient (Wildman–Crippen LogP) is 1.90. The number of rotatable bonds is 4. The number of nitro groups is 1. The van der Waals surface area contributed by atoms with Gasteiger partial charge in [-0.25, -0.2) is 0 Å². The zero-order valence-electron chi connectivity index (χ0n) is 14.2. The average Bonchev–Trinajstić information content (AvgIpc) is 3.03. The number of hydrogen-bond acceptors (Lipinski definition) is 5. The molecule has 1 aliphatic heterocycles. The number of ether oxygens (including phenoxy) is 1. The maximum absolute atomic E-state index is 12.6. The molecule has 1 fully saturated rings. The molecule has 1 aliphatic rings. The third-order valence-corrected chi connectivity index (χ3v) is 4.42. The highest BCUT2D eigenvalue weighted by molar-refractivity contribution is 5.93. The first-order chi connectivity index (χ1) is 12.0. The first kappa shape index (κ1) is 16.8. The van der Waals surface area contributed by atoms with Crippen molar-refractivity contribution in [2.24, 2.45) is 7.05 Å². The summed E-state index contributed by atoms with van der Waals surface area (Å²) in [4.78, 5) is 26.9. The largest absolute Gasteiger partial charge is 0.497 e. The second-order valence-electron chi connectivity index (χ2n) is 5.93. The molecular weight excluding hydrogens is 324 g/mol. The van der Waals surface area contributed by atoms with Crippen LogP contribution >= 0.6 is 0 Å². The Balaban J connectivity index is 1.65. The van der Waals surface area contributed by atoms with Gasteiger partial charge in [0.1, 0.15) is 11.4 Å². The molecule has 8 heteroatoms. The maximum Gasteiger partial charge on any atom is 0.287 e. The molecule has 0 radical (unpaired) electrons. The van der Waals surface area contributed by atoms with Gasteiger partial charge in [-0.15, -0.1) is 0 Å². The van der Waals surface area contributed by atoms with E-state index in [-0.39, 0.29) is 11.6 Å². The Morgan fingerprint density at radius 2 is 1.80 bits per heavy atom. The van der Waals surface area contributed by atoms with E-state index in [1.54, 1.807) is 19.1 Å². The molecule has 3 rings (SSSR count). The minimum Gasteiger partial charge on any atom is -0.497 e. The molecule has 1 amide bonds. The number of hydrogen-bond donors (Lipinski definition) is 0. The Bertz CT molecular complexity index is 776. The van der Waals surface area contributed by atoms with E-state index in [4.69, 9.17) is 4.74 Å². The highest BCUT2D eigenvalue weighted by Gasteiger charge is 2.26. The van der Waals surface area contributed by atoms with E-state index in [1.807, 2.05) is 24.3 Å². The van der Waals surface area contributed by atoms with Crippen LogP contribution in [0.5, 0.6) is 5.75 Å². The van der Waals surface area contributed by atoms with Gasteiger partial charge in [-0.05, 0) is 24.3 Å². The molecule has 1 aromatic carbocycles. The molecule has 2 aromatic rings. The number of amides is 1. The number of carbonyl (C=O) groups excluding carboxylic acids is 1. The molecule has 1 saturated heterocycles. The van der Waals surface area contributed by atoms with Crippen molar-refractivity contribution in [3.63, 3.8) is 0 Å². The van der Waals surface area contributed by atoms with Crippen molar-refractivity contribution < 1.29 is 14.5 Å². The number of aromatic nitrogens is 1. The Kier molecular flexibility index (Phi) is 4.60. The summed E-state index contributed by atoms with van der Waals surface area (Å²) in [7, 11) is 3.28. The second-order valence-corrected chi connectivity index (χ2v) is 5.93. The fourth-order valence-electron chi connectivity index (χ4n) is 2.98. The van der Waals surface area contributed by atoms with Gasteiger partial charge in [-0.1, -0.05) is 0 Å². The molecule has 0 atom stereocenters. The fourth-order valence-corrected chi connectivity index (χ4v) is 2.98. The standard InChI is InChI=1S/C17H20N4O4/c1-18-12-14(21(23)24)11-16(18)17(22)20-9-7-19(8-10-20)13-3-5-15(25-2)6-4-13/h3-6,11-12H,7-10H2,1-2H3. The molecule has 0 N–H and O–H groups in total. The Morgan fingerprint density at radius 3 is 2.32 bits per heavy atom. The molecule has 8 nitrogen and oxygen atoms in total. The monoisotopic (exact) mass is 344 g/mol. The number of piperazine rings is 1. The highest BCUT2D eigenvalue weighted by atomic mass is 16.6. The normalized spacial score (nSPS) is 14.5. The van der Waals surface area contributed by atoms with Crippen LogP contribution in [-0.2, 0) is 7.05 Å². The molecule has 1 aromatic heterocycles. The first-order valence-electron chi connectivity index (χ1n) is 7.98. The Labute approximate surface area is 145 Å². The van der Waals surface area contributed by atoms with E-state index in [0.717, 1.165) is 11.4 Å². The second kappa shape index (κ2) is 6.84. The van der Waals surface area contributed by atoms with Crippen LogP contribution in [0.4, 0.5) is 11.4 Å². The summed E-state index contributed by atoms with van der Waals surface area (Å²) in [6.07, 6.45) is 1.36. The molecule has 25 heavy (non-hydrogen) atoms. The van der Waals surface area contributed by atoms with E-state index >= 15 is 0 Å². The summed E-state index contributed by atoms with van der Waals surface area (Å²) in [5, 5.41) is 10.9. The third kappa shape index (κ3) is 3.42. The van der Waals surface area contributed by atoms with Crippen molar-refractivity contribution in [2.75, 3.05) is 38.2 Å². The predicted molar refractivity (Wildman–Crippen MR) is 93.2 cm³/mol. The Morgan fingerprint density at radius 1 is 1.16 bits per heavy atom. The van der Waals surface area contributed by atoms with Crippen molar-refractivity contribution in [1.29, 1.82) is 0 Å². The summed E-state index contributed by atoms with van der Waals surface area (Å²) in [5.74, 6) is 0.632. The van der Waals surface area contributed by atoms with Gasteiger partial charge in [0, 0.05) is 45.0 Å². The topological polar surface area (TPSA) is 80.8 Å². The lowest BCUT2D eigenvalue weighted by Gasteiger charge is -2.36. The summed E-state index contributed by atoms with van der Waals surface area (Å²) in [5.41, 5.74) is 1.36. The summed E-state index contributed by atoms with van der Waals surface area (Å²) < 4.78 is 6.67. The number of anilines is 1. The fraction of sp³-hybridized carbons (Fsp3) is 0.353. The average molecular weight is 344 g/mol. The molecule has 0 aliphatic carbocycles. The summed E-state index contributed by atoms with van der Waals surface area (Å²) in [6.45, 7) is 2.57. The van der Waals surface area contributed by atoms with Gasteiger partial charge in [0.2, 0.25) is 0 Å². The van der Waals surface area contributed by atoms with Gasteiger partial charge < -0.3 is 19.1 Å². The van der Waals surface area contributed by atoms with Gasteiger partial charge in [0.25, 0.3) is 11.6 Å². The lowest BCUT2D eigenvalue weighted by Crippen LogP contribution is -2.49. The third-order valence-electron chi connectivity index (χ3n) is 4.42. The first-order valence-corrected chi connectivity index (χ1v) is 7.98. The molecule has 132 valence electrons. The van der Waals surface area contributed by atoms with Crippen LogP contribution in [0.2, 0.25) is 0 Å². The zero-order valence-corrected chi connectivity index (χ0v) is 14.2. The van der Waals surface area contributed by atoms with Gasteiger partial charge in [-0.2, -0.15) is 0 Å². The van der Waals surface area contributed by atoms with E-state index < -0.39 is 4.92 Å². The zero-order chi connectivity index (χ0) is 18.0. The highest BCUT2D eigenvalue weighted by Crippen LogP contribution is 2.22. The van der Waals surface area contributed by atoms with E-state index in [1.165, 1.54) is 16.8 Å². The lowest BCUT2D eigenvalue weighted by molar-refractivity contribution is -0.384. The smallest absolute Gasteiger partial charge is 0.287 e. The minimum absolute atomic E-state index is 0.0669. The lowest BCUT2D eigenvalue weighted by atomic mass is 10.2. The van der Waals surface area contributed by atoms with Crippen LogP contribution < -0.4 is 9.64 Å². The van der Waals surface area contributed by atoms with Crippen molar-refractivity contribution in [3.05, 3.63) is 52.3 Å². The molecule has 0 bridgehead atoms. The molecular formula is C17H20N4O4. The molecule has 0 spiro atoms. The number of benzene rings is 1. The van der Waals surface area contributed by atoms with Crippen molar-refractivity contribution in [3.8, 4) is 5.75 Å². The maximum atomic E-state index is 12.6. The SMILES string of the molecule is COc1ccc(N2CCN(C(=O)c3cc([N+](=O)[O-])cn3C)CC2)cc1. The van der Waals surface area contributed by atoms with Crippen LogP contribution in [0, 0.1) is 10.1 Å². The van der Waals surface area contributed by atoms with Crippen molar-refractivity contribution in [2.45, 2.75) is 0 Å². The van der Waals surface area contributed by atoms with E-state index in [0.29, 0.717) is 31.9 Å².